The molecule has 0 spiro atoms. The maximum Gasteiger partial charge on any atom is 0.227 e. The Hall–Kier alpha value is -1.39. The third kappa shape index (κ3) is 3.18. The maximum atomic E-state index is 12.6. The van der Waals surface area contributed by atoms with Crippen molar-refractivity contribution in [1.82, 2.24) is 14.7 Å². The summed E-state index contributed by atoms with van der Waals surface area (Å²) in [7, 11) is 2.18. The number of nitrogens with zero attached hydrogens (tertiary/aromatic N) is 3. The fourth-order valence-electron chi connectivity index (χ4n) is 4.09. The number of carbonyl (C=O) groups excluding carboxylic acids is 1. The van der Waals surface area contributed by atoms with Crippen LogP contribution in [0, 0.1) is 0 Å². The van der Waals surface area contributed by atoms with Gasteiger partial charge in [0.25, 0.3) is 0 Å². The summed E-state index contributed by atoms with van der Waals surface area (Å²) in [5, 5.41) is 0. The standard InChI is InChI=1S/C18H27N3O/c1-18(2)14-19(3)12-16-13-20(9-10-21(16)18)17(22)11-15-7-5-4-6-8-15/h4-8,16H,9-14H2,1-3H3. The summed E-state index contributed by atoms with van der Waals surface area (Å²) in [6, 6.07) is 10.5. The smallest absolute Gasteiger partial charge is 0.227 e. The van der Waals surface area contributed by atoms with Crippen LogP contribution in [0.15, 0.2) is 30.3 Å². The Morgan fingerprint density at radius 3 is 2.64 bits per heavy atom. The van der Waals surface area contributed by atoms with Gasteiger partial charge >= 0.3 is 0 Å². The minimum atomic E-state index is 0.201. The Labute approximate surface area is 133 Å². The van der Waals surface area contributed by atoms with Gasteiger partial charge in [-0.1, -0.05) is 30.3 Å². The highest BCUT2D eigenvalue weighted by Crippen LogP contribution is 2.27. The third-order valence-electron chi connectivity index (χ3n) is 4.99. The maximum absolute atomic E-state index is 12.6. The molecule has 3 rings (SSSR count). The van der Waals surface area contributed by atoms with Gasteiger partial charge < -0.3 is 9.80 Å². The Morgan fingerprint density at radius 1 is 1.18 bits per heavy atom. The first-order chi connectivity index (χ1) is 10.5. The van der Waals surface area contributed by atoms with Gasteiger partial charge in [0.15, 0.2) is 0 Å². The van der Waals surface area contributed by atoms with Crippen molar-refractivity contribution in [3.05, 3.63) is 35.9 Å². The first kappa shape index (κ1) is 15.5. The second-order valence-corrected chi connectivity index (χ2v) is 7.36. The average molecular weight is 301 g/mol. The van der Waals surface area contributed by atoms with E-state index in [1.54, 1.807) is 0 Å². The van der Waals surface area contributed by atoms with Gasteiger partial charge in [0.2, 0.25) is 5.91 Å². The lowest BCUT2D eigenvalue weighted by Crippen LogP contribution is -2.69. The van der Waals surface area contributed by atoms with E-state index >= 15 is 0 Å². The van der Waals surface area contributed by atoms with Gasteiger partial charge in [0, 0.05) is 44.3 Å². The molecule has 0 saturated carbocycles. The molecule has 0 bridgehead atoms. The zero-order chi connectivity index (χ0) is 15.7. The Bertz CT molecular complexity index is 528. The topological polar surface area (TPSA) is 26.8 Å². The van der Waals surface area contributed by atoms with Gasteiger partial charge in [-0.3, -0.25) is 9.69 Å². The minimum Gasteiger partial charge on any atom is -0.340 e. The average Bonchev–Trinajstić information content (AvgIpc) is 2.46. The molecule has 4 heteroatoms. The summed E-state index contributed by atoms with van der Waals surface area (Å²) in [5.41, 5.74) is 1.31. The lowest BCUT2D eigenvalue weighted by Gasteiger charge is -2.55. The van der Waals surface area contributed by atoms with Gasteiger partial charge in [-0.15, -0.1) is 0 Å². The van der Waals surface area contributed by atoms with E-state index in [0.29, 0.717) is 12.5 Å². The van der Waals surface area contributed by atoms with Crippen LogP contribution >= 0.6 is 0 Å². The molecule has 2 saturated heterocycles. The van der Waals surface area contributed by atoms with Crippen molar-refractivity contribution < 1.29 is 4.79 Å². The van der Waals surface area contributed by atoms with Gasteiger partial charge in [-0.2, -0.15) is 0 Å². The second kappa shape index (κ2) is 6.01. The lowest BCUT2D eigenvalue weighted by atomic mass is 9.93. The molecule has 1 atom stereocenters. The molecule has 1 aromatic carbocycles. The van der Waals surface area contributed by atoms with Gasteiger partial charge in [0.1, 0.15) is 0 Å². The zero-order valence-corrected chi connectivity index (χ0v) is 14.0. The molecule has 0 radical (unpaired) electrons. The molecule has 0 N–H and O–H groups in total. The normalized spacial score (nSPS) is 25.8. The monoisotopic (exact) mass is 301 g/mol. The highest BCUT2D eigenvalue weighted by Gasteiger charge is 2.42. The molecular formula is C18H27N3O. The molecule has 1 amide bonds. The number of piperazine rings is 2. The minimum absolute atomic E-state index is 0.201. The fourth-order valence-corrected chi connectivity index (χ4v) is 4.09. The highest BCUT2D eigenvalue weighted by atomic mass is 16.2. The Kier molecular flexibility index (Phi) is 4.24. The van der Waals surface area contributed by atoms with E-state index in [4.69, 9.17) is 0 Å². The number of likely N-dealkylation sites (N-methyl/N-ethyl adjacent to an activating group) is 1. The molecule has 0 aliphatic carbocycles. The lowest BCUT2D eigenvalue weighted by molar-refractivity contribution is -0.137. The SMILES string of the molecule is CN1CC2CN(C(=O)Cc3ccccc3)CCN2C(C)(C)C1. The van der Waals surface area contributed by atoms with Crippen LogP contribution < -0.4 is 0 Å². The number of carbonyl (C=O) groups is 1. The van der Waals surface area contributed by atoms with E-state index in [0.717, 1.165) is 38.3 Å². The zero-order valence-electron chi connectivity index (χ0n) is 14.0. The number of rotatable bonds is 2. The van der Waals surface area contributed by atoms with E-state index in [1.807, 2.05) is 30.3 Å². The highest BCUT2D eigenvalue weighted by molar-refractivity contribution is 5.79. The number of hydrogen-bond donors (Lipinski definition) is 0. The van der Waals surface area contributed by atoms with Crippen LogP contribution in [0.4, 0.5) is 0 Å². The molecule has 2 fully saturated rings. The van der Waals surface area contributed by atoms with Crippen molar-refractivity contribution in [1.29, 1.82) is 0 Å². The van der Waals surface area contributed by atoms with E-state index in [-0.39, 0.29) is 11.4 Å². The summed E-state index contributed by atoms with van der Waals surface area (Å²) >= 11 is 0. The molecule has 2 aliphatic rings. The molecule has 0 aromatic heterocycles. The molecule has 120 valence electrons. The first-order valence-corrected chi connectivity index (χ1v) is 8.23. The molecule has 1 aromatic rings. The summed E-state index contributed by atoms with van der Waals surface area (Å²) in [5.74, 6) is 0.261. The van der Waals surface area contributed by atoms with Crippen molar-refractivity contribution >= 4 is 5.91 Å². The van der Waals surface area contributed by atoms with Gasteiger partial charge in [-0.05, 0) is 26.5 Å². The number of benzene rings is 1. The van der Waals surface area contributed by atoms with E-state index in [9.17, 15) is 4.79 Å². The predicted octanol–water partition coefficient (Wildman–Crippen LogP) is 1.47. The second-order valence-electron chi connectivity index (χ2n) is 7.36. The summed E-state index contributed by atoms with van der Waals surface area (Å²) in [6.45, 7) is 9.50. The van der Waals surface area contributed by atoms with Crippen LogP contribution in [-0.4, -0.2) is 72.0 Å². The number of amides is 1. The number of hydrogen-bond acceptors (Lipinski definition) is 3. The van der Waals surface area contributed by atoms with E-state index in [1.165, 1.54) is 0 Å². The Morgan fingerprint density at radius 2 is 1.91 bits per heavy atom. The van der Waals surface area contributed by atoms with E-state index < -0.39 is 0 Å². The quantitative estimate of drug-likeness (QED) is 0.827. The number of fused-ring (bicyclic) bond motifs is 1. The Balaban J connectivity index is 1.65. The fraction of sp³-hybridized carbons (Fsp3) is 0.611. The van der Waals surface area contributed by atoms with Gasteiger partial charge in [0.05, 0.1) is 6.42 Å². The molecule has 2 heterocycles. The van der Waals surface area contributed by atoms with Crippen molar-refractivity contribution in [2.75, 3.05) is 39.8 Å². The van der Waals surface area contributed by atoms with E-state index in [2.05, 4.69) is 35.6 Å². The van der Waals surface area contributed by atoms with Crippen molar-refractivity contribution in [3.8, 4) is 0 Å². The largest absolute Gasteiger partial charge is 0.340 e. The van der Waals surface area contributed by atoms with Crippen molar-refractivity contribution in [2.45, 2.75) is 31.8 Å². The molecule has 1 unspecified atom stereocenters. The van der Waals surface area contributed by atoms with Crippen molar-refractivity contribution in [2.24, 2.45) is 0 Å². The van der Waals surface area contributed by atoms with Crippen LogP contribution in [-0.2, 0) is 11.2 Å². The van der Waals surface area contributed by atoms with Crippen LogP contribution in [0.1, 0.15) is 19.4 Å². The van der Waals surface area contributed by atoms with Gasteiger partial charge in [-0.25, -0.2) is 0 Å². The molecule has 22 heavy (non-hydrogen) atoms. The molecule has 2 aliphatic heterocycles. The first-order valence-electron chi connectivity index (χ1n) is 8.23. The summed E-state index contributed by atoms with van der Waals surface area (Å²) < 4.78 is 0. The van der Waals surface area contributed by atoms with Crippen molar-refractivity contribution in [3.63, 3.8) is 0 Å². The third-order valence-corrected chi connectivity index (χ3v) is 4.99. The van der Waals surface area contributed by atoms with Crippen LogP contribution in [0.5, 0.6) is 0 Å². The molecular weight excluding hydrogens is 274 g/mol. The van der Waals surface area contributed by atoms with Crippen LogP contribution in [0.25, 0.3) is 0 Å². The summed E-state index contributed by atoms with van der Waals surface area (Å²) in [6.07, 6.45) is 0.521. The summed E-state index contributed by atoms with van der Waals surface area (Å²) in [4.78, 5) is 19.6. The van der Waals surface area contributed by atoms with Crippen LogP contribution in [0.2, 0.25) is 0 Å². The molecule has 4 nitrogen and oxygen atoms in total. The van der Waals surface area contributed by atoms with Crippen LogP contribution in [0.3, 0.4) is 0 Å². The predicted molar refractivity (Wildman–Crippen MR) is 88.8 cm³/mol.